The molecule has 1 saturated heterocycles. The van der Waals surface area contributed by atoms with Gasteiger partial charge in [0.1, 0.15) is 0 Å². The van der Waals surface area contributed by atoms with Crippen LogP contribution in [0.2, 0.25) is 0 Å². The molecule has 0 saturated carbocycles. The molecule has 0 bridgehead atoms. The number of hydrogen-bond donors (Lipinski definition) is 0. The first-order chi connectivity index (χ1) is 9.72. The molecule has 106 valence electrons. The summed E-state index contributed by atoms with van der Waals surface area (Å²) in [6.07, 6.45) is 0. The number of aromatic nitrogens is 2. The van der Waals surface area contributed by atoms with E-state index in [4.69, 9.17) is 4.42 Å². The van der Waals surface area contributed by atoms with Gasteiger partial charge in [0, 0.05) is 33.1 Å². The van der Waals surface area contributed by atoms with Crippen LogP contribution in [0.3, 0.4) is 0 Å². The molecule has 1 aliphatic rings. The molecule has 2 aromatic rings. The minimum absolute atomic E-state index is 0.141. The topological polar surface area (TPSA) is 62.5 Å². The summed E-state index contributed by atoms with van der Waals surface area (Å²) in [4.78, 5) is 16.3. The Labute approximate surface area is 121 Å². The predicted octanol–water partition coefficient (Wildman–Crippen LogP) is 1.46. The van der Waals surface area contributed by atoms with Crippen LogP contribution in [-0.4, -0.2) is 52.1 Å². The highest BCUT2D eigenvalue weighted by Crippen LogP contribution is 2.23. The van der Waals surface area contributed by atoms with Gasteiger partial charge in [0.15, 0.2) is 0 Å². The minimum atomic E-state index is 0.141. The van der Waals surface area contributed by atoms with E-state index in [0.29, 0.717) is 18.3 Å². The quantitative estimate of drug-likeness (QED) is 0.857. The third-order valence-corrected chi connectivity index (χ3v) is 4.23. The van der Waals surface area contributed by atoms with E-state index < -0.39 is 0 Å². The number of rotatable bonds is 3. The molecule has 1 fully saturated rings. The molecular weight excluding hydrogens is 276 g/mol. The van der Waals surface area contributed by atoms with Crippen LogP contribution in [0.25, 0.3) is 10.8 Å². The first-order valence-electron chi connectivity index (χ1n) is 6.56. The highest BCUT2D eigenvalue weighted by atomic mass is 32.1. The molecule has 2 aromatic heterocycles. The summed E-state index contributed by atoms with van der Waals surface area (Å²) in [5, 5.41) is 10.1. The lowest BCUT2D eigenvalue weighted by atomic mass is 10.3. The average molecular weight is 292 g/mol. The van der Waals surface area contributed by atoms with E-state index in [9.17, 15) is 4.79 Å². The van der Waals surface area contributed by atoms with Crippen LogP contribution in [0.4, 0.5) is 0 Å². The number of amides is 1. The van der Waals surface area contributed by atoms with Crippen molar-refractivity contribution in [3.63, 3.8) is 0 Å². The van der Waals surface area contributed by atoms with Crippen LogP contribution in [0.1, 0.15) is 12.8 Å². The lowest BCUT2D eigenvalue weighted by Crippen LogP contribution is -2.47. The molecule has 1 amide bonds. The monoisotopic (exact) mass is 292 g/mol. The summed E-state index contributed by atoms with van der Waals surface area (Å²) in [5.41, 5.74) is 0. The molecule has 0 unspecified atom stereocenters. The molecule has 0 N–H and O–H groups in total. The highest BCUT2D eigenvalue weighted by molar-refractivity contribution is 7.13. The van der Waals surface area contributed by atoms with Gasteiger partial charge in [0.05, 0.1) is 11.4 Å². The van der Waals surface area contributed by atoms with Gasteiger partial charge in [-0.3, -0.25) is 9.69 Å². The molecule has 6 nitrogen and oxygen atoms in total. The Morgan fingerprint density at radius 3 is 2.80 bits per heavy atom. The van der Waals surface area contributed by atoms with Crippen molar-refractivity contribution in [3.8, 4) is 10.8 Å². The summed E-state index contributed by atoms with van der Waals surface area (Å²) in [6, 6.07) is 3.93. The van der Waals surface area contributed by atoms with Crippen LogP contribution < -0.4 is 0 Å². The summed E-state index contributed by atoms with van der Waals surface area (Å²) in [5.74, 6) is 1.35. The zero-order valence-corrected chi connectivity index (χ0v) is 12.1. The van der Waals surface area contributed by atoms with E-state index in [1.807, 2.05) is 22.4 Å². The van der Waals surface area contributed by atoms with E-state index in [0.717, 1.165) is 31.1 Å². The SMILES string of the molecule is CC(=O)N1CCN(Cc2nnc(-c3cccs3)o2)CC1. The maximum Gasteiger partial charge on any atom is 0.257 e. The lowest BCUT2D eigenvalue weighted by molar-refractivity contribution is -0.130. The Bertz CT molecular complexity index is 573. The average Bonchev–Trinajstić information content (AvgIpc) is 3.09. The van der Waals surface area contributed by atoms with Crippen LogP contribution in [0, 0.1) is 0 Å². The first-order valence-corrected chi connectivity index (χ1v) is 7.44. The molecular formula is C13H16N4O2S. The summed E-state index contributed by atoms with van der Waals surface area (Å²) in [7, 11) is 0. The van der Waals surface area contributed by atoms with Crippen molar-refractivity contribution in [2.24, 2.45) is 0 Å². The van der Waals surface area contributed by atoms with Gasteiger partial charge in [-0.2, -0.15) is 0 Å². The van der Waals surface area contributed by atoms with Crippen molar-refractivity contribution >= 4 is 17.2 Å². The van der Waals surface area contributed by atoms with Gasteiger partial charge < -0.3 is 9.32 Å². The number of hydrogen-bond acceptors (Lipinski definition) is 6. The van der Waals surface area contributed by atoms with E-state index in [1.165, 1.54) is 0 Å². The van der Waals surface area contributed by atoms with Gasteiger partial charge in [-0.05, 0) is 11.4 Å². The maximum atomic E-state index is 11.3. The van der Waals surface area contributed by atoms with Gasteiger partial charge in [0.25, 0.3) is 5.89 Å². The molecule has 3 rings (SSSR count). The normalized spacial score (nSPS) is 16.6. The summed E-state index contributed by atoms with van der Waals surface area (Å²) < 4.78 is 5.67. The van der Waals surface area contributed by atoms with E-state index >= 15 is 0 Å². The van der Waals surface area contributed by atoms with E-state index in [2.05, 4.69) is 15.1 Å². The largest absolute Gasteiger partial charge is 0.419 e. The Morgan fingerprint density at radius 1 is 1.35 bits per heavy atom. The van der Waals surface area contributed by atoms with Crippen molar-refractivity contribution in [1.82, 2.24) is 20.0 Å². The van der Waals surface area contributed by atoms with Crippen molar-refractivity contribution in [2.75, 3.05) is 26.2 Å². The molecule has 0 atom stereocenters. The zero-order valence-electron chi connectivity index (χ0n) is 11.3. The van der Waals surface area contributed by atoms with Gasteiger partial charge in [0.2, 0.25) is 11.8 Å². The van der Waals surface area contributed by atoms with Crippen molar-refractivity contribution in [2.45, 2.75) is 13.5 Å². The second-order valence-corrected chi connectivity index (χ2v) is 5.71. The minimum Gasteiger partial charge on any atom is -0.419 e. The zero-order chi connectivity index (χ0) is 13.9. The van der Waals surface area contributed by atoms with Crippen molar-refractivity contribution in [3.05, 3.63) is 23.4 Å². The third-order valence-electron chi connectivity index (χ3n) is 3.38. The van der Waals surface area contributed by atoms with Crippen LogP contribution in [0.15, 0.2) is 21.9 Å². The van der Waals surface area contributed by atoms with Gasteiger partial charge in [-0.1, -0.05) is 6.07 Å². The fourth-order valence-corrected chi connectivity index (χ4v) is 2.87. The standard InChI is InChI=1S/C13H16N4O2S/c1-10(18)17-6-4-16(5-7-17)9-12-14-15-13(19-12)11-3-2-8-20-11/h2-3,8H,4-7,9H2,1H3. The van der Waals surface area contributed by atoms with E-state index in [-0.39, 0.29) is 5.91 Å². The second-order valence-electron chi connectivity index (χ2n) is 4.76. The summed E-state index contributed by atoms with van der Waals surface area (Å²) >= 11 is 1.58. The number of thiophene rings is 1. The maximum absolute atomic E-state index is 11.3. The fourth-order valence-electron chi connectivity index (χ4n) is 2.23. The molecule has 1 aliphatic heterocycles. The van der Waals surface area contributed by atoms with Gasteiger partial charge >= 0.3 is 0 Å². The molecule has 20 heavy (non-hydrogen) atoms. The third kappa shape index (κ3) is 2.88. The van der Waals surface area contributed by atoms with E-state index in [1.54, 1.807) is 18.3 Å². The lowest BCUT2D eigenvalue weighted by Gasteiger charge is -2.33. The second kappa shape index (κ2) is 5.72. The predicted molar refractivity (Wildman–Crippen MR) is 75.1 cm³/mol. The number of piperazine rings is 1. The van der Waals surface area contributed by atoms with Gasteiger partial charge in [-0.15, -0.1) is 21.5 Å². The van der Waals surface area contributed by atoms with Crippen LogP contribution in [-0.2, 0) is 11.3 Å². The van der Waals surface area contributed by atoms with Crippen LogP contribution >= 0.6 is 11.3 Å². The Kier molecular flexibility index (Phi) is 3.79. The molecule has 3 heterocycles. The Morgan fingerprint density at radius 2 is 2.15 bits per heavy atom. The first kappa shape index (κ1) is 13.3. The Balaban J connectivity index is 1.58. The molecule has 7 heteroatoms. The molecule has 0 aromatic carbocycles. The number of nitrogens with zero attached hydrogens (tertiary/aromatic N) is 4. The number of carbonyl (C=O) groups is 1. The molecule has 0 spiro atoms. The molecule has 0 radical (unpaired) electrons. The van der Waals surface area contributed by atoms with Crippen LogP contribution in [0.5, 0.6) is 0 Å². The Hall–Kier alpha value is -1.73. The van der Waals surface area contributed by atoms with Crippen molar-refractivity contribution < 1.29 is 9.21 Å². The molecule has 0 aliphatic carbocycles. The van der Waals surface area contributed by atoms with Crippen molar-refractivity contribution in [1.29, 1.82) is 0 Å². The summed E-state index contributed by atoms with van der Waals surface area (Å²) in [6.45, 7) is 5.47. The fraction of sp³-hybridized carbons (Fsp3) is 0.462. The van der Waals surface area contributed by atoms with Gasteiger partial charge in [-0.25, -0.2) is 0 Å². The highest BCUT2D eigenvalue weighted by Gasteiger charge is 2.20. The number of carbonyl (C=O) groups excluding carboxylic acids is 1. The smallest absolute Gasteiger partial charge is 0.257 e.